The number of hydrogen-bond donors (Lipinski definition) is 2. The van der Waals surface area contributed by atoms with Gasteiger partial charge in [0, 0.05) is 24.2 Å². The zero-order chi connectivity index (χ0) is 22.7. The maximum absolute atomic E-state index is 12.6. The number of rotatable bonds is 7. The molecule has 0 atom stereocenters. The van der Waals surface area contributed by atoms with Crippen LogP contribution in [0.1, 0.15) is 12.1 Å². The SMILES string of the molecule is Cc1cc(=O)[nH]c(-n2nc(-c3cccs3)cc2NC(=O)CCS(=O)(=O)c2ccccc2)n1. The fourth-order valence-electron chi connectivity index (χ4n) is 3.02. The van der Waals surface area contributed by atoms with Crippen LogP contribution in [0.4, 0.5) is 5.82 Å². The lowest BCUT2D eigenvalue weighted by Gasteiger charge is -2.09. The molecule has 1 aromatic carbocycles. The molecular formula is C21H19N5O4S2. The Labute approximate surface area is 187 Å². The van der Waals surface area contributed by atoms with Crippen molar-refractivity contribution < 1.29 is 13.2 Å². The lowest BCUT2D eigenvalue weighted by atomic mass is 10.3. The summed E-state index contributed by atoms with van der Waals surface area (Å²) in [4.78, 5) is 32.4. The highest BCUT2D eigenvalue weighted by molar-refractivity contribution is 7.91. The predicted octanol–water partition coefficient (Wildman–Crippen LogP) is 2.80. The van der Waals surface area contributed by atoms with E-state index < -0.39 is 15.7 Å². The minimum atomic E-state index is -3.59. The average Bonchev–Trinajstić information content (AvgIpc) is 3.42. The fourth-order valence-corrected chi connectivity index (χ4v) is 4.96. The van der Waals surface area contributed by atoms with Gasteiger partial charge in [-0.15, -0.1) is 11.3 Å². The number of aromatic nitrogens is 4. The number of sulfone groups is 1. The molecule has 9 nitrogen and oxygen atoms in total. The minimum Gasteiger partial charge on any atom is -0.310 e. The van der Waals surface area contributed by atoms with Crippen LogP contribution in [0, 0.1) is 6.92 Å². The van der Waals surface area contributed by atoms with E-state index in [4.69, 9.17) is 0 Å². The number of amides is 1. The molecule has 0 aliphatic heterocycles. The van der Waals surface area contributed by atoms with E-state index in [1.807, 2.05) is 17.5 Å². The van der Waals surface area contributed by atoms with Crippen molar-refractivity contribution in [3.8, 4) is 16.5 Å². The summed E-state index contributed by atoms with van der Waals surface area (Å²) in [5.41, 5.74) is 0.714. The van der Waals surface area contributed by atoms with Crippen molar-refractivity contribution in [2.24, 2.45) is 0 Å². The Morgan fingerprint density at radius 2 is 1.94 bits per heavy atom. The Morgan fingerprint density at radius 3 is 2.62 bits per heavy atom. The number of nitrogens with one attached hydrogen (secondary N) is 2. The number of H-pyrrole nitrogens is 1. The highest BCUT2D eigenvalue weighted by atomic mass is 32.2. The van der Waals surface area contributed by atoms with Gasteiger partial charge in [0.05, 0.1) is 15.5 Å². The normalized spacial score (nSPS) is 11.4. The highest BCUT2D eigenvalue weighted by Gasteiger charge is 2.19. The van der Waals surface area contributed by atoms with Crippen LogP contribution in [0.5, 0.6) is 0 Å². The molecule has 11 heteroatoms. The van der Waals surface area contributed by atoms with Gasteiger partial charge < -0.3 is 5.32 Å². The molecule has 0 bridgehead atoms. The Kier molecular flexibility index (Phi) is 6.01. The summed E-state index contributed by atoms with van der Waals surface area (Å²) >= 11 is 1.47. The Morgan fingerprint density at radius 1 is 1.16 bits per heavy atom. The van der Waals surface area contributed by atoms with Gasteiger partial charge in [0.15, 0.2) is 9.84 Å². The van der Waals surface area contributed by atoms with Crippen LogP contribution in [-0.2, 0) is 14.6 Å². The standard InChI is InChI=1S/C21H19N5O4S2/c1-14-12-20(28)24-21(22-14)26-18(13-16(25-26)17-8-5-10-31-17)23-19(27)9-11-32(29,30)15-6-3-2-4-7-15/h2-8,10,12-13H,9,11H2,1H3,(H,23,27)(H,22,24,28). The van der Waals surface area contributed by atoms with Crippen molar-refractivity contribution in [2.45, 2.75) is 18.2 Å². The first-order valence-electron chi connectivity index (χ1n) is 9.62. The summed E-state index contributed by atoms with van der Waals surface area (Å²) in [5, 5.41) is 9.07. The summed E-state index contributed by atoms with van der Waals surface area (Å²) < 4.78 is 26.3. The zero-order valence-corrected chi connectivity index (χ0v) is 18.6. The highest BCUT2D eigenvalue weighted by Crippen LogP contribution is 2.27. The molecule has 0 saturated heterocycles. The Hall–Kier alpha value is -3.57. The molecule has 0 aliphatic carbocycles. The molecule has 0 aliphatic rings. The molecule has 3 aromatic heterocycles. The second-order valence-electron chi connectivity index (χ2n) is 6.94. The van der Waals surface area contributed by atoms with Gasteiger partial charge in [-0.25, -0.2) is 13.4 Å². The fraction of sp³-hybridized carbons (Fsp3) is 0.143. The Balaban J connectivity index is 1.59. The van der Waals surface area contributed by atoms with Crippen LogP contribution in [0.15, 0.2) is 69.7 Å². The van der Waals surface area contributed by atoms with Crippen molar-refractivity contribution in [2.75, 3.05) is 11.1 Å². The molecule has 4 aromatic rings. The number of benzene rings is 1. The minimum absolute atomic E-state index is 0.144. The van der Waals surface area contributed by atoms with E-state index in [1.165, 1.54) is 34.2 Å². The van der Waals surface area contributed by atoms with Gasteiger partial charge in [0.2, 0.25) is 11.9 Å². The molecule has 164 valence electrons. The van der Waals surface area contributed by atoms with Gasteiger partial charge in [-0.1, -0.05) is 24.3 Å². The number of anilines is 1. The number of aryl methyl sites for hydroxylation is 1. The van der Waals surface area contributed by atoms with Gasteiger partial charge in [-0.3, -0.25) is 14.6 Å². The first-order valence-corrected chi connectivity index (χ1v) is 12.1. The number of hydrogen-bond acceptors (Lipinski definition) is 7. The number of carbonyl (C=O) groups is 1. The second kappa shape index (κ2) is 8.89. The van der Waals surface area contributed by atoms with Crippen LogP contribution in [0.2, 0.25) is 0 Å². The van der Waals surface area contributed by atoms with E-state index >= 15 is 0 Å². The molecule has 4 rings (SSSR count). The van der Waals surface area contributed by atoms with Gasteiger partial charge in [0.25, 0.3) is 5.56 Å². The van der Waals surface area contributed by atoms with Crippen LogP contribution in [0.3, 0.4) is 0 Å². The predicted molar refractivity (Wildman–Crippen MR) is 122 cm³/mol. The van der Waals surface area contributed by atoms with Gasteiger partial charge in [-0.05, 0) is 30.5 Å². The number of nitrogens with zero attached hydrogens (tertiary/aromatic N) is 3. The lowest BCUT2D eigenvalue weighted by Crippen LogP contribution is -2.21. The third-order valence-electron chi connectivity index (χ3n) is 4.51. The van der Waals surface area contributed by atoms with E-state index in [2.05, 4.69) is 20.4 Å². The van der Waals surface area contributed by atoms with E-state index in [9.17, 15) is 18.0 Å². The number of aromatic amines is 1. The molecule has 0 saturated carbocycles. The molecule has 0 fully saturated rings. The summed E-state index contributed by atoms with van der Waals surface area (Å²) in [5.74, 6) is -0.429. The first kappa shape index (κ1) is 21.7. The van der Waals surface area contributed by atoms with Gasteiger partial charge in [0.1, 0.15) is 11.5 Å². The van der Waals surface area contributed by atoms with Crippen LogP contribution in [0.25, 0.3) is 16.5 Å². The van der Waals surface area contributed by atoms with Gasteiger partial charge in [-0.2, -0.15) is 9.78 Å². The maximum Gasteiger partial charge on any atom is 0.252 e. The summed E-state index contributed by atoms with van der Waals surface area (Å²) in [6.45, 7) is 1.68. The van der Waals surface area contributed by atoms with Crippen molar-refractivity contribution >= 4 is 32.9 Å². The molecule has 0 radical (unpaired) electrons. The van der Waals surface area contributed by atoms with Crippen molar-refractivity contribution in [3.63, 3.8) is 0 Å². The Bertz CT molecular complexity index is 1410. The smallest absolute Gasteiger partial charge is 0.252 e. The first-order chi connectivity index (χ1) is 15.3. The van der Waals surface area contributed by atoms with Gasteiger partial charge >= 0.3 is 0 Å². The molecule has 32 heavy (non-hydrogen) atoms. The number of carbonyl (C=O) groups excluding carboxylic acids is 1. The van der Waals surface area contributed by atoms with Crippen LogP contribution >= 0.6 is 11.3 Å². The topological polar surface area (TPSA) is 127 Å². The largest absolute Gasteiger partial charge is 0.310 e. The van der Waals surface area contributed by atoms with E-state index in [0.717, 1.165) is 4.88 Å². The van der Waals surface area contributed by atoms with Crippen molar-refractivity contribution in [1.82, 2.24) is 19.7 Å². The second-order valence-corrected chi connectivity index (χ2v) is 10.0. The van der Waals surface area contributed by atoms with Crippen LogP contribution < -0.4 is 10.9 Å². The molecule has 3 heterocycles. The van der Waals surface area contributed by atoms with Crippen LogP contribution in [-0.4, -0.2) is 39.8 Å². The summed E-state index contributed by atoms with van der Waals surface area (Å²) in [7, 11) is -3.59. The van der Waals surface area contributed by atoms with E-state index in [0.29, 0.717) is 11.4 Å². The lowest BCUT2D eigenvalue weighted by molar-refractivity contribution is -0.115. The molecule has 2 N–H and O–H groups in total. The summed E-state index contributed by atoms with van der Waals surface area (Å²) in [6.07, 6.45) is -0.242. The molecule has 0 spiro atoms. The maximum atomic E-state index is 12.6. The molecule has 0 unspecified atom stereocenters. The third kappa shape index (κ3) is 4.84. The zero-order valence-electron chi connectivity index (χ0n) is 17.0. The summed E-state index contributed by atoms with van der Waals surface area (Å²) in [6, 6.07) is 14.7. The van der Waals surface area contributed by atoms with E-state index in [1.54, 1.807) is 31.2 Å². The molecular weight excluding hydrogens is 450 g/mol. The monoisotopic (exact) mass is 469 g/mol. The quantitative estimate of drug-likeness (QED) is 0.429. The average molecular weight is 470 g/mol. The van der Waals surface area contributed by atoms with E-state index in [-0.39, 0.29) is 34.4 Å². The number of thiophene rings is 1. The molecule has 1 amide bonds. The third-order valence-corrected chi connectivity index (χ3v) is 7.13. The van der Waals surface area contributed by atoms with Crippen molar-refractivity contribution in [1.29, 1.82) is 0 Å². The van der Waals surface area contributed by atoms with Crippen molar-refractivity contribution in [3.05, 3.63) is 76.0 Å².